The zero-order chi connectivity index (χ0) is 15.0. The lowest BCUT2D eigenvalue weighted by atomic mass is 9.90. The standard InChI is InChI=1S/C17H27N3O/c1-4-20-16(10-14(18-20)8-12(2)3)17(21)19-11-13-6-5-7-15(19)9-13/h10,12-13,15H,4-9,11H2,1-3H3/t13-,15+/m1/s1. The fraction of sp³-hybridized carbons (Fsp3) is 0.765. The van der Waals surface area contributed by atoms with E-state index >= 15 is 0 Å². The number of fused-ring (bicyclic) bond motifs is 2. The van der Waals surface area contributed by atoms with Gasteiger partial charge in [-0.05, 0) is 50.5 Å². The Bertz CT molecular complexity index is 520. The van der Waals surface area contributed by atoms with Crippen molar-refractivity contribution in [2.24, 2.45) is 11.8 Å². The number of carbonyl (C=O) groups is 1. The third kappa shape index (κ3) is 2.85. The number of nitrogens with zero attached hydrogens (tertiary/aromatic N) is 3. The largest absolute Gasteiger partial charge is 0.334 e. The number of amides is 1. The van der Waals surface area contributed by atoms with Gasteiger partial charge in [0.2, 0.25) is 0 Å². The molecule has 2 bridgehead atoms. The van der Waals surface area contributed by atoms with E-state index in [9.17, 15) is 4.79 Å². The molecule has 21 heavy (non-hydrogen) atoms. The van der Waals surface area contributed by atoms with Gasteiger partial charge < -0.3 is 4.90 Å². The quantitative estimate of drug-likeness (QED) is 0.854. The molecule has 0 unspecified atom stereocenters. The van der Waals surface area contributed by atoms with Crippen molar-refractivity contribution < 1.29 is 4.79 Å². The van der Waals surface area contributed by atoms with Crippen LogP contribution < -0.4 is 0 Å². The van der Waals surface area contributed by atoms with Crippen molar-refractivity contribution in [1.82, 2.24) is 14.7 Å². The molecule has 1 aliphatic carbocycles. The molecular formula is C17H27N3O. The monoisotopic (exact) mass is 289 g/mol. The first kappa shape index (κ1) is 14.6. The topological polar surface area (TPSA) is 38.1 Å². The van der Waals surface area contributed by atoms with Crippen LogP contribution in [0.15, 0.2) is 6.07 Å². The van der Waals surface area contributed by atoms with E-state index < -0.39 is 0 Å². The predicted octanol–water partition coefficient (Wildman–Crippen LogP) is 3.12. The van der Waals surface area contributed by atoms with Crippen molar-refractivity contribution in [3.05, 3.63) is 17.5 Å². The highest BCUT2D eigenvalue weighted by atomic mass is 16.2. The lowest BCUT2D eigenvalue weighted by Gasteiger charge is -2.24. The van der Waals surface area contributed by atoms with Crippen LogP contribution in [-0.2, 0) is 13.0 Å². The van der Waals surface area contributed by atoms with Crippen molar-refractivity contribution in [1.29, 1.82) is 0 Å². The smallest absolute Gasteiger partial charge is 0.272 e. The Morgan fingerprint density at radius 3 is 2.90 bits per heavy atom. The maximum Gasteiger partial charge on any atom is 0.272 e. The minimum absolute atomic E-state index is 0.203. The summed E-state index contributed by atoms with van der Waals surface area (Å²) in [5.74, 6) is 1.51. The molecule has 1 amide bonds. The van der Waals surface area contributed by atoms with E-state index in [-0.39, 0.29) is 5.91 Å². The van der Waals surface area contributed by atoms with Crippen molar-refractivity contribution in [2.75, 3.05) is 6.54 Å². The van der Waals surface area contributed by atoms with Crippen LogP contribution >= 0.6 is 0 Å². The Morgan fingerprint density at radius 1 is 1.43 bits per heavy atom. The van der Waals surface area contributed by atoms with E-state index in [0.29, 0.717) is 12.0 Å². The predicted molar refractivity (Wildman–Crippen MR) is 83.2 cm³/mol. The van der Waals surface area contributed by atoms with Crippen LogP contribution in [0.25, 0.3) is 0 Å². The van der Waals surface area contributed by atoms with Crippen LogP contribution in [0.1, 0.15) is 62.6 Å². The zero-order valence-corrected chi connectivity index (χ0v) is 13.5. The molecule has 116 valence electrons. The molecule has 1 aromatic rings. The van der Waals surface area contributed by atoms with Gasteiger partial charge in [-0.2, -0.15) is 5.10 Å². The summed E-state index contributed by atoms with van der Waals surface area (Å²) in [6.45, 7) is 8.16. The summed E-state index contributed by atoms with van der Waals surface area (Å²) in [7, 11) is 0. The SMILES string of the molecule is CCn1nc(CC(C)C)cc1C(=O)N1C[C@@H]2CCC[C@H]1C2. The number of carbonyl (C=O) groups excluding carboxylic acids is 1. The van der Waals surface area contributed by atoms with Gasteiger partial charge in [0.1, 0.15) is 5.69 Å². The maximum atomic E-state index is 12.9. The lowest BCUT2D eigenvalue weighted by Crippen LogP contribution is -2.36. The molecule has 4 nitrogen and oxygen atoms in total. The number of hydrogen-bond acceptors (Lipinski definition) is 2. The van der Waals surface area contributed by atoms with E-state index in [2.05, 4.69) is 30.8 Å². The fourth-order valence-corrected chi connectivity index (χ4v) is 3.94. The third-order valence-corrected chi connectivity index (χ3v) is 4.88. The molecule has 0 spiro atoms. The second kappa shape index (κ2) is 5.82. The summed E-state index contributed by atoms with van der Waals surface area (Å²) < 4.78 is 1.89. The Balaban J connectivity index is 1.82. The highest BCUT2D eigenvalue weighted by molar-refractivity contribution is 5.93. The van der Waals surface area contributed by atoms with Crippen molar-refractivity contribution >= 4 is 5.91 Å². The Labute approximate surface area is 127 Å². The highest BCUT2D eigenvalue weighted by Crippen LogP contribution is 2.36. The Hall–Kier alpha value is -1.32. The molecule has 2 fully saturated rings. The molecule has 2 heterocycles. The van der Waals surface area contributed by atoms with Gasteiger partial charge in [0.25, 0.3) is 5.91 Å². The van der Waals surface area contributed by atoms with Gasteiger partial charge in [0, 0.05) is 19.1 Å². The third-order valence-electron chi connectivity index (χ3n) is 4.88. The van der Waals surface area contributed by atoms with E-state index in [4.69, 9.17) is 0 Å². The molecule has 1 aromatic heterocycles. The molecule has 1 saturated heterocycles. The Kier molecular flexibility index (Phi) is 4.05. The first-order valence-corrected chi connectivity index (χ1v) is 8.46. The molecule has 3 rings (SSSR count). The van der Waals surface area contributed by atoms with Crippen LogP contribution in [0, 0.1) is 11.8 Å². The lowest BCUT2D eigenvalue weighted by molar-refractivity contribution is 0.0720. The summed E-state index contributed by atoms with van der Waals surface area (Å²) in [4.78, 5) is 15.1. The van der Waals surface area contributed by atoms with Gasteiger partial charge in [0.15, 0.2) is 0 Å². The van der Waals surface area contributed by atoms with Gasteiger partial charge in [0.05, 0.1) is 5.69 Å². The molecule has 2 aliphatic rings. The number of aromatic nitrogens is 2. The molecular weight excluding hydrogens is 262 g/mol. The fourth-order valence-electron chi connectivity index (χ4n) is 3.94. The highest BCUT2D eigenvalue weighted by Gasteiger charge is 2.38. The van der Waals surface area contributed by atoms with Gasteiger partial charge >= 0.3 is 0 Å². The van der Waals surface area contributed by atoms with Crippen molar-refractivity contribution in [3.8, 4) is 0 Å². The van der Waals surface area contributed by atoms with Gasteiger partial charge in [-0.3, -0.25) is 9.48 Å². The average Bonchev–Trinajstić information content (AvgIpc) is 2.98. The number of rotatable bonds is 4. The molecule has 0 aromatic carbocycles. The molecule has 1 aliphatic heterocycles. The maximum absolute atomic E-state index is 12.9. The van der Waals surface area contributed by atoms with Crippen LogP contribution in [0.2, 0.25) is 0 Å². The zero-order valence-electron chi connectivity index (χ0n) is 13.5. The summed E-state index contributed by atoms with van der Waals surface area (Å²) in [5, 5.41) is 4.62. The first-order chi connectivity index (χ1) is 10.1. The molecule has 2 atom stereocenters. The van der Waals surface area contributed by atoms with E-state index in [1.807, 2.05) is 10.7 Å². The second-order valence-electron chi connectivity index (χ2n) is 7.08. The second-order valence-corrected chi connectivity index (χ2v) is 7.08. The molecule has 4 heteroatoms. The molecule has 1 saturated carbocycles. The number of aryl methyl sites for hydroxylation is 1. The summed E-state index contributed by atoms with van der Waals surface area (Å²) in [6.07, 6.45) is 5.92. The van der Waals surface area contributed by atoms with E-state index in [1.54, 1.807) is 0 Å². The minimum Gasteiger partial charge on any atom is -0.334 e. The van der Waals surface area contributed by atoms with Crippen LogP contribution in [0.3, 0.4) is 0 Å². The van der Waals surface area contributed by atoms with E-state index in [0.717, 1.165) is 36.8 Å². The molecule has 0 radical (unpaired) electrons. The van der Waals surface area contributed by atoms with Crippen LogP contribution in [0.5, 0.6) is 0 Å². The van der Waals surface area contributed by atoms with Gasteiger partial charge in [-0.1, -0.05) is 20.3 Å². The normalized spacial score (nSPS) is 24.9. The van der Waals surface area contributed by atoms with E-state index in [1.165, 1.54) is 25.7 Å². The van der Waals surface area contributed by atoms with Crippen LogP contribution in [0.4, 0.5) is 0 Å². The van der Waals surface area contributed by atoms with Gasteiger partial charge in [-0.15, -0.1) is 0 Å². The minimum atomic E-state index is 0.203. The Morgan fingerprint density at radius 2 is 2.24 bits per heavy atom. The van der Waals surface area contributed by atoms with Crippen LogP contribution in [-0.4, -0.2) is 33.2 Å². The number of likely N-dealkylation sites (tertiary alicyclic amines) is 1. The van der Waals surface area contributed by atoms with Crippen molar-refractivity contribution in [2.45, 2.75) is 65.5 Å². The number of hydrogen-bond donors (Lipinski definition) is 0. The van der Waals surface area contributed by atoms with Crippen molar-refractivity contribution in [3.63, 3.8) is 0 Å². The first-order valence-electron chi connectivity index (χ1n) is 8.46. The average molecular weight is 289 g/mol. The summed E-state index contributed by atoms with van der Waals surface area (Å²) in [5.41, 5.74) is 1.85. The summed E-state index contributed by atoms with van der Waals surface area (Å²) >= 11 is 0. The molecule has 0 N–H and O–H groups in total. The summed E-state index contributed by atoms with van der Waals surface area (Å²) in [6, 6.07) is 2.50. The van der Waals surface area contributed by atoms with Gasteiger partial charge in [-0.25, -0.2) is 0 Å².